The van der Waals surface area contributed by atoms with Crippen LogP contribution in [0.5, 0.6) is 0 Å². The first-order valence-corrected chi connectivity index (χ1v) is 9.79. The molecule has 1 aromatic rings. The molecule has 1 aromatic carbocycles. The number of nitrogens with one attached hydrogen (secondary N) is 2. The van der Waals surface area contributed by atoms with E-state index >= 15 is 0 Å². The first-order valence-electron chi connectivity index (χ1n) is 9.79. The zero-order valence-electron chi connectivity index (χ0n) is 17.0. The van der Waals surface area contributed by atoms with E-state index in [9.17, 15) is 0 Å². The zero-order chi connectivity index (χ0) is 18.8. The monoisotopic (exact) mass is 360 g/mol. The molecule has 0 unspecified atom stereocenters. The Morgan fingerprint density at radius 3 is 2.46 bits per heavy atom. The molecule has 26 heavy (non-hydrogen) atoms. The molecule has 1 fully saturated rings. The highest BCUT2D eigenvalue weighted by Gasteiger charge is 2.13. The molecule has 1 aliphatic rings. The number of nitrogens with zero attached hydrogens (tertiary/aromatic N) is 2. The average molecular weight is 361 g/mol. The Balaban J connectivity index is 1.81. The quantitative estimate of drug-likeness (QED) is 0.446. The van der Waals surface area contributed by atoms with Crippen LogP contribution in [0.4, 0.5) is 0 Å². The largest absolute Gasteiger partial charge is 0.379 e. The molecule has 0 amide bonds. The molecule has 5 heteroatoms. The van der Waals surface area contributed by atoms with Crippen molar-refractivity contribution in [3.8, 4) is 0 Å². The normalized spacial score (nSPS) is 16.5. The fraction of sp³-hybridized carbons (Fsp3) is 0.667. The molecule has 0 aliphatic carbocycles. The SMILES string of the molecule is CN=C(NCCCC(C)(C)C)NCc1ccccc1CN1CCOCC1. The van der Waals surface area contributed by atoms with Gasteiger partial charge in [-0.25, -0.2) is 0 Å². The second-order valence-corrected chi connectivity index (χ2v) is 8.17. The minimum Gasteiger partial charge on any atom is -0.379 e. The van der Waals surface area contributed by atoms with Crippen molar-refractivity contribution in [2.75, 3.05) is 39.9 Å². The summed E-state index contributed by atoms with van der Waals surface area (Å²) >= 11 is 0. The molecule has 0 aromatic heterocycles. The van der Waals surface area contributed by atoms with Crippen LogP contribution in [0.2, 0.25) is 0 Å². The molecule has 0 bridgehead atoms. The molecular formula is C21H36N4O. The van der Waals surface area contributed by atoms with E-state index in [1.54, 1.807) is 0 Å². The molecule has 1 saturated heterocycles. The van der Waals surface area contributed by atoms with Gasteiger partial charge in [0.2, 0.25) is 0 Å². The summed E-state index contributed by atoms with van der Waals surface area (Å²) in [5.74, 6) is 0.875. The highest BCUT2D eigenvalue weighted by Crippen LogP contribution is 2.19. The predicted molar refractivity (Wildman–Crippen MR) is 109 cm³/mol. The molecule has 2 N–H and O–H groups in total. The lowest BCUT2D eigenvalue weighted by Crippen LogP contribution is -2.38. The lowest BCUT2D eigenvalue weighted by Gasteiger charge is -2.27. The van der Waals surface area contributed by atoms with Gasteiger partial charge in [-0.05, 0) is 29.4 Å². The van der Waals surface area contributed by atoms with Crippen LogP contribution < -0.4 is 10.6 Å². The molecule has 1 heterocycles. The van der Waals surface area contributed by atoms with Gasteiger partial charge in [0, 0.05) is 39.8 Å². The van der Waals surface area contributed by atoms with Crippen LogP contribution in [0.1, 0.15) is 44.7 Å². The Bertz CT molecular complexity index is 559. The van der Waals surface area contributed by atoms with Gasteiger partial charge in [-0.2, -0.15) is 0 Å². The van der Waals surface area contributed by atoms with Crippen molar-refractivity contribution in [2.24, 2.45) is 10.4 Å². The maximum absolute atomic E-state index is 5.45. The first kappa shape index (κ1) is 20.7. The van der Waals surface area contributed by atoms with Crippen molar-refractivity contribution in [3.63, 3.8) is 0 Å². The summed E-state index contributed by atoms with van der Waals surface area (Å²) in [6, 6.07) is 8.67. The van der Waals surface area contributed by atoms with Crippen LogP contribution >= 0.6 is 0 Å². The van der Waals surface area contributed by atoms with Gasteiger partial charge in [-0.1, -0.05) is 45.0 Å². The topological polar surface area (TPSA) is 48.9 Å². The van der Waals surface area contributed by atoms with Gasteiger partial charge in [0.15, 0.2) is 5.96 Å². The molecule has 0 spiro atoms. The van der Waals surface area contributed by atoms with Crippen LogP contribution in [0.15, 0.2) is 29.3 Å². The number of ether oxygens (including phenoxy) is 1. The smallest absolute Gasteiger partial charge is 0.191 e. The molecule has 0 atom stereocenters. The van der Waals surface area contributed by atoms with E-state index in [0.29, 0.717) is 5.41 Å². The van der Waals surface area contributed by atoms with Gasteiger partial charge in [-0.15, -0.1) is 0 Å². The number of rotatable bonds is 7. The van der Waals surface area contributed by atoms with Gasteiger partial charge in [-0.3, -0.25) is 9.89 Å². The summed E-state index contributed by atoms with van der Waals surface area (Å²) in [4.78, 5) is 6.81. The summed E-state index contributed by atoms with van der Waals surface area (Å²) in [6.07, 6.45) is 2.36. The maximum Gasteiger partial charge on any atom is 0.191 e. The lowest BCUT2D eigenvalue weighted by atomic mass is 9.91. The number of guanidine groups is 1. The highest BCUT2D eigenvalue weighted by atomic mass is 16.5. The zero-order valence-corrected chi connectivity index (χ0v) is 17.0. The molecular weight excluding hydrogens is 324 g/mol. The van der Waals surface area contributed by atoms with Gasteiger partial charge in [0.1, 0.15) is 0 Å². The molecule has 0 saturated carbocycles. The minimum absolute atomic E-state index is 0.386. The summed E-state index contributed by atoms with van der Waals surface area (Å²) in [5, 5.41) is 6.88. The Labute approximate surface area is 159 Å². The number of benzene rings is 1. The van der Waals surface area contributed by atoms with Crippen molar-refractivity contribution in [3.05, 3.63) is 35.4 Å². The third-order valence-electron chi connectivity index (χ3n) is 4.68. The standard InChI is InChI=1S/C21H36N4O/c1-21(2,3)10-7-11-23-20(22-4)24-16-18-8-5-6-9-19(18)17-25-12-14-26-15-13-25/h5-6,8-9H,7,10-17H2,1-4H3,(H2,22,23,24). The molecule has 2 rings (SSSR count). The third kappa shape index (κ3) is 7.75. The third-order valence-corrected chi connectivity index (χ3v) is 4.68. The number of morpholine rings is 1. The van der Waals surface area contributed by atoms with Crippen molar-refractivity contribution < 1.29 is 4.74 Å². The van der Waals surface area contributed by atoms with Crippen molar-refractivity contribution in [1.29, 1.82) is 0 Å². The number of aliphatic imine (C=N–C) groups is 1. The summed E-state index contributed by atoms with van der Waals surface area (Å²) in [5.41, 5.74) is 3.10. The maximum atomic E-state index is 5.45. The summed E-state index contributed by atoms with van der Waals surface area (Å²) in [6.45, 7) is 13.3. The lowest BCUT2D eigenvalue weighted by molar-refractivity contribution is 0.0341. The number of hydrogen-bond donors (Lipinski definition) is 2. The summed E-state index contributed by atoms with van der Waals surface area (Å²) in [7, 11) is 1.83. The Hall–Kier alpha value is -1.59. The van der Waals surface area contributed by atoms with Gasteiger partial charge in [0.25, 0.3) is 0 Å². The van der Waals surface area contributed by atoms with Gasteiger partial charge < -0.3 is 15.4 Å². The fourth-order valence-electron chi connectivity index (χ4n) is 3.11. The number of hydrogen-bond acceptors (Lipinski definition) is 3. The van der Waals surface area contributed by atoms with E-state index in [-0.39, 0.29) is 0 Å². The second-order valence-electron chi connectivity index (χ2n) is 8.17. The van der Waals surface area contributed by atoms with E-state index in [4.69, 9.17) is 4.74 Å². The van der Waals surface area contributed by atoms with Gasteiger partial charge in [0.05, 0.1) is 13.2 Å². The Morgan fingerprint density at radius 2 is 1.81 bits per heavy atom. The van der Waals surface area contributed by atoms with Crippen LogP contribution in [-0.2, 0) is 17.8 Å². The van der Waals surface area contributed by atoms with Crippen molar-refractivity contribution in [1.82, 2.24) is 15.5 Å². The minimum atomic E-state index is 0.386. The predicted octanol–water partition coefficient (Wildman–Crippen LogP) is 3.01. The second kappa shape index (κ2) is 10.5. The molecule has 0 radical (unpaired) electrons. The van der Waals surface area contributed by atoms with Crippen LogP contribution in [0.3, 0.4) is 0 Å². The fourth-order valence-corrected chi connectivity index (χ4v) is 3.11. The Kier molecular flexibility index (Phi) is 8.39. The highest BCUT2D eigenvalue weighted by molar-refractivity contribution is 5.79. The first-order chi connectivity index (χ1) is 12.5. The van der Waals surface area contributed by atoms with Crippen LogP contribution in [0.25, 0.3) is 0 Å². The van der Waals surface area contributed by atoms with Crippen LogP contribution in [-0.4, -0.2) is 50.8 Å². The Morgan fingerprint density at radius 1 is 1.12 bits per heavy atom. The van der Waals surface area contributed by atoms with E-state index in [1.807, 2.05) is 7.05 Å². The van der Waals surface area contributed by atoms with Crippen molar-refractivity contribution in [2.45, 2.75) is 46.7 Å². The van der Waals surface area contributed by atoms with E-state index in [1.165, 1.54) is 17.5 Å². The molecule has 146 valence electrons. The van der Waals surface area contributed by atoms with E-state index in [0.717, 1.165) is 58.3 Å². The van der Waals surface area contributed by atoms with Gasteiger partial charge >= 0.3 is 0 Å². The van der Waals surface area contributed by atoms with Crippen molar-refractivity contribution >= 4 is 5.96 Å². The van der Waals surface area contributed by atoms with Crippen LogP contribution in [0, 0.1) is 5.41 Å². The van der Waals surface area contributed by atoms with E-state index < -0.39 is 0 Å². The molecule has 5 nitrogen and oxygen atoms in total. The molecule has 1 aliphatic heterocycles. The summed E-state index contributed by atoms with van der Waals surface area (Å²) < 4.78 is 5.45. The average Bonchev–Trinajstić information content (AvgIpc) is 2.62. The van der Waals surface area contributed by atoms with E-state index in [2.05, 4.69) is 65.6 Å².